The van der Waals surface area contributed by atoms with Crippen LogP contribution in [-0.2, 0) is 28.6 Å². The van der Waals surface area contributed by atoms with E-state index < -0.39 is 12.1 Å². The average molecular weight is 1160 g/mol. The van der Waals surface area contributed by atoms with Crippen LogP contribution in [0, 0.1) is 0 Å². The van der Waals surface area contributed by atoms with Crippen molar-refractivity contribution in [1.29, 1.82) is 0 Å². The molecule has 0 fully saturated rings. The number of hydrogen-bond donors (Lipinski definition) is 0. The largest absolute Gasteiger partial charge is 0.462 e. The number of carbonyl (C=O) groups excluding carboxylic acids is 3. The van der Waals surface area contributed by atoms with Crippen molar-refractivity contribution in [2.45, 2.75) is 374 Å². The lowest BCUT2D eigenvalue weighted by Crippen LogP contribution is -2.30. The van der Waals surface area contributed by atoms with Crippen molar-refractivity contribution >= 4 is 17.9 Å². The van der Waals surface area contributed by atoms with Gasteiger partial charge in [-0.2, -0.15) is 0 Å². The molecule has 0 aliphatic rings. The molecule has 83 heavy (non-hydrogen) atoms. The van der Waals surface area contributed by atoms with Crippen LogP contribution in [0.25, 0.3) is 0 Å². The monoisotopic (exact) mass is 1160 g/mol. The van der Waals surface area contributed by atoms with Crippen molar-refractivity contribution in [2.75, 3.05) is 13.2 Å². The molecule has 0 aliphatic heterocycles. The molecular weight excluding hydrogens is 1020 g/mol. The average Bonchev–Trinajstić information content (AvgIpc) is 3.49. The second-order valence-electron chi connectivity index (χ2n) is 24.1. The highest BCUT2D eigenvalue weighted by molar-refractivity contribution is 5.72. The van der Waals surface area contributed by atoms with Crippen molar-refractivity contribution in [3.8, 4) is 0 Å². The third kappa shape index (κ3) is 69.3. The summed E-state index contributed by atoms with van der Waals surface area (Å²) in [5, 5.41) is 0. The first kappa shape index (κ1) is 79.6. The highest BCUT2D eigenvalue weighted by Gasteiger charge is 2.19. The van der Waals surface area contributed by atoms with Crippen molar-refractivity contribution in [3.63, 3.8) is 0 Å². The molecule has 0 aromatic rings. The van der Waals surface area contributed by atoms with E-state index in [0.717, 1.165) is 77.0 Å². The Morgan fingerprint density at radius 1 is 0.265 bits per heavy atom. The van der Waals surface area contributed by atoms with E-state index in [0.29, 0.717) is 12.8 Å². The highest BCUT2D eigenvalue weighted by Crippen LogP contribution is 2.18. The minimum Gasteiger partial charge on any atom is -0.462 e. The Morgan fingerprint density at radius 2 is 0.518 bits per heavy atom. The van der Waals surface area contributed by atoms with Crippen LogP contribution < -0.4 is 0 Å². The number of ether oxygens (including phenoxy) is 3. The van der Waals surface area contributed by atoms with Crippen molar-refractivity contribution in [3.05, 3.63) is 85.1 Å². The smallest absolute Gasteiger partial charge is 0.309 e. The number of rotatable bonds is 66. The van der Waals surface area contributed by atoms with Gasteiger partial charge < -0.3 is 14.2 Å². The molecular formula is C77H136O6. The number of carbonyl (C=O) groups is 3. The third-order valence-electron chi connectivity index (χ3n) is 15.9. The van der Waals surface area contributed by atoms with E-state index in [1.165, 1.54) is 250 Å². The van der Waals surface area contributed by atoms with Crippen LogP contribution in [0.1, 0.15) is 367 Å². The standard InChI is InChI=1S/C77H136O6/c1-4-7-10-13-16-19-22-25-28-30-32-34-35-36-37-38-39-40-41-43-44-46-49-52-55-58-61-64-67-70-76(79)82-73-74(72-81-75(78)69-66-63-60-57-54-51-48-27-24-21-18-15-12-9-6-3)83-77(80)71-68-65-62-59-56-53-50-47-45-42-33-31-29-26-23-20-17-14-11-8-5-2/h9,12,18,21-22,25,27,30,32,48,54,57,63,66,74H,4-8,10-11,13-17,19-20,23-24,26,28-29,31,33-47,49-53,55-56,58-62,64-65,67-73H2,1-3H3/b12-9-,21-18-,25-22-,32-30-,48-27-,57-54-,66-63-. The Hall–Kier alpha value is -3.41. The molecule has 0 aromatic heterocycles. The summed E-state index contributed by atoms with van der Waals surface area (Å²) in [5.74, 6) is -1.02. The molecule has 0 N–H and O–H groups in total. The molecule has 6 nitrogen and oxygen atoms in total. The zero-order valence-corrected chi connectivity index (χ0v) is 55.2. The maximum Gasteiger partial charge on any atom is 0.309 e. The number of unbranched alkanes of at least 4 members (excludes halogenated alkanes) is 42. The first-order valence-corrected chi connectivity index (χ1v) is 36.1. The zero-order valence-electron chi connectivity index (χ0n) is 55.2. The van der Waals surface area contributed by atoms with Crippen molar-refractivity contribution in [2.24, 2.45) is 0 Å². The summed E-state index contributed by atoms with van der Waals surface area (Å²) in [4.78, 5) is 38.4. The Bertz CT molecular complexity index is 1570. The molecule has 480 valence electrons. The molecule has 0 radical (unpaired) electrons. The second kappa shape index (κ2) is 71.1. The number of esters is 3. The van der Waals surface area contributed by atoms with E-state index in [1.807, 2.05) is 12.2 Å². The van der Waals surface area contributed by atoms with Crippen LogP contribution >= 0.6 is 0 Å². The first-order valence-electron chi connectivity index (χ1n) is 36.1. The molecule has 0 saturated carbocycles. The lowest BCUT2D eigenvalue weighted by Gasteiger charge is -2.18. The van der Waals surface area contributed by atoms with Gasteiger partial charge in [-0.15, -0.1) is 0 Å². The summed E-state index contributed by atoms with van der Waals surface area (Å²) in [5.41, 5.74) is 0. The van der Waals surface area contributed by atoms with Crippen molar-refractivity contribution in [1.82, 2.24) is 0 Å². The SMILES string of the molecule is CC/C=C\C/C=C\C/C=C\C/C=C\C/C=C\CC(=O)OCC(COC(=O)CCCCCCCCCCCCCCCCCCC/C=C\C/C=C\CCCCCCC)OC(=O)CCCCCCCCCCCCCCCCCCCCCCC. The summed E-state index contributed by atoms with van der Waals surface area (Å²) in [6.45, 7) is 6.49. The second-order valence-corrected chi connectivity index (χ2v) is 24.1. The predicted octanol–water partition coefficient (Wildman–Crippen LogP) is 25.0. The molecule has 6 heteroatoms. The van der Waals surface area contributed by atoms with Gasteiger partial charge in [0.15, 0.2) is 6.10 Å². The van der Waals surface area contributed by atoms with Gasteiger partial charge in [-0.1, -0.05) is 356 Å². The van der Waals surface area contributed by atoms with Gasteiger partial charge in [0.05, 0.1) is 6.42 Å². The molecule has 0 rings (SSSR count). The Balaban J connectivity index is 4.29. The Kier molecular flexibility index (Phi) is 68.2. The van der Waals surface area contributed by atoms with Gasteiger partial charge in [0.2, 0.25) is 0 Å². The maximum atomic E-state index is 13.0. The van der Waals surface area contributed by atoms with Crippen LogP contribution in [0.15, 0.2) is 85.1 Å². The lowest BCUT2D eigenvalue weighted by molar-refractivity contribution is -0.166. The summed E-state index contributed by atoms with van der Waals surface area (Å²) >= 11 is 0. The van der Waals surface area contributed by atoms with E-state index in [-0.39, 0.29) is 31.6 Å². The molecule has 0 aromatic carbocycles. The van der Waals surface area contributed by atoms with Crippen molar-refractivity contribution < 1.29 is 28.6 Å². The van der Waals surface area contributed by atoms with Gasteiger partial charge in [0.1, 0.15) is 13.2 Å². The summed E-state index contributed by atoms with van der Waals surface area (Å²) in [7, 11) is 0. The minimum absolute atomic E-state index is 0.102. The minimum atomic E-state index is -0.816. The zero-order chi connectivity index (χ0) is 59.9. The van der Waals surface area contributed by atoms with Gasteiger partial charge in [-0.25, -0.2) is 0 Å². The first-order chi connectivity index (χ1) is 41.0. The molecule has 1 atom stereocenters. The van der Waals surface area contributed by atoms with E-state index in [2.05, 4.69) is 93.7 Å². The highest BCUT2D eigenvalue weighted by atomic mass is 16.6. The third-order valence-corrected chi connectivity index (χ3v) is 15.9. The topological polar surface area (TPSA) is 78.9 Å². The van der Waals surface area contributed by atoms with E-state index in [9.17, 15) is 14.4 Å². The van der Waals surface area contributed by atoms with Gasteiger partial charge in [0, 0.05) is 12.8 Å². The van der Waals surface area contributed by atoms with Crippen LogP contribution in [0.2, 0.25) is 0 Å². The molecule has 0 aliphatic carbocycles. The number of hydrogen-bond acceptors (Lipinski definition) is 6. The fraction of sp³-hybridized carbons (Fsp3) is 0.779. The molecule has 0 spiro atoms. The quantitative estimate of drug-likeness (QED) is 0.0261. The summed E-state index contributed by atoms with van der Waals surface area (Å²) < 4.78 is 16.9. The fourth-order valence-corrected chi connectivity index (χ4v) is 10.6. The van der Waals surface area contributed by atoms with E-state index in [1.54, 1.807) is 0 Å². The molecule has 0 bridgehead atoms. The Morgan fingerprint density at radius 3 is 0.843 bits per heavy atom. The van der Waals surface area contributed by atoms with E-state index in [4.69, 9.17) is 14.2 Å². The maximum absolute atomic E-state index is 13.0. The molecule has 0 saturated heterocycles. The van der Waals surface area contributed by atoms with Crippen LogP contribution in [0.5, 0.6) is 0 Å². The van der Waals surface area contributed by atoms with Gasteiger partial charge in [-0.3, -0.25) is 14.4 Å². The summed E-state index contributed by atoms with van der Waals surface area (Å²) in [6, 6.07) is 0. The van der Waals surface area contributed by atoms with Crippen LogP contribution in [0.3, 0.4) is 0 Å². The van der Waals surface area contributed by atoms with Crippen LogP contribution in [0.4, 0.5) is 0 Å². The van der Waals surface area contributed by atoms with Crippen LogP contribution in [-0.4, -0.2) is 37.2 Å². The fourth-order valence-electron chi connectivity index (χ4n) is 10.6. The van der Waals surface area contributed by atoms with E-state index >= 15 is 0 Å². The van der Waals surface area contributed by atoms with Gasteiger partial charge >= 0.3 is 17.9 Å². The molecule has 0 amide bonds. The normalized spacial score (nSPS) is 12.6. The van der Waals surface area contributed by atoms with Gasteiger partial charge in [0.25, 0.3) is 0 Å². The summed E-state index contributed by atoms with van der Waals surface area (Å²) in [6.07, 6.45) is 95.1. The number of allylic oxidation sites excluding steroid dienone is 13. The molecule has 1 unspecified atom stereocenters. The van der Waals surface area contributed by atoms with Gasteiger partial charge in [-0.05, 0) is 77.0 Å². The lowest BCUT2D eigenvalue weighted by atomic mass is 10.0. The predicted molar refractivity (Wildman–Crippen MR) is 362 cm³/mol. The molecule has 0 heterocycles. The Labute approximate surface area is 515 Å².